The van der Waals surface area contributed by atoms with E-state index in [4.69, 9.17) is 4.74 Å². The van der Waals surface area contributed by atoms with E-state index < -0.39 is 13.0 Å². The van der Waals surface area contributed by atoms with Crippen LogP contribution >= 0.6 is 0 Å². The van der Waals surface area contributed by atoms with E-state index in [9.17, 15) is 8.78 Å². The highest BCUT2D eigenvalue weighted by atomic mass is 19.3. The van der Waals surface area contributed by atoms with Gasteiger partial charge in [0.15, 0.2) is 0 Å². The maximum atomic E-state index is 11.8. The van der Waals surface area contributed by atoms with E-state index in [1.54, 1.807) is 0 Å². The lowest BCUT2D eigenvalue weighted by molar-refractivity contribution is 0.00629. The summed E-state index contributed by atoms with van der Waals surface area (Å²) in [4.78, 5) is 2.25. The maximum Gasteiger partial charge on any atom is 0.261 e. The van der Waals surface area contributed by atoms with Gasteiger partial charge in [-0.1, -0.05) is 0 Å². The summed E-state index contributed by atoms with van der Waals surface area (Å²) in [6.45, 7) is 6.86. The summed E-state index contributed by atoms with van der Waals surface area (Å²) in [5.41, 5.74) is 0. The van der Waals surface area contributed by atoms with Crippen molar-refractivity contribution in [2.45, 2.75) is 32.4 Å². The van der Waals surface area contributed by atoms with E-state index in [-0.39, 0.29) is 0 Å². The Balaban J connectivity index is 2.10. The Morgan fingerprint density at radius 3 is 2.47 bits per heavy atom. The molecule has 0 aromatic heterocycles. The lowest BCUT2D eigenvalue weighted by Crippen LogP contribution is -2.54. The molecule has 0 aliphatic carbocycles. The van der Waals surface area contributed by atoms with Crippen LogP contribution in [0.25, 0.3) is 0 Å². The monoisotopic (exact) mass is 222 g/mol. The molecule has 0 saturated carbocycles. The van der Waals surface area contributed by atoms with Crippen LogP contribution in [0, 0.1) is 0 Å². The Morgan fingerprint density at radius 1 is 1.33 bits per heavy atom. The summed E-state index contributed by atoms with van der Waals surface area (Å²) in [7, 11) is 0. The first-order chi connectivity index (χ1) is 7.08. The highest BCUT2D eigenvalue weighted by molar-refractivity contribution is 4.80. The Kier molecular flexibility index (Phi) is 5.42. The van der Waals surface area contributed by atoms with Crippen LogP contribution in [0.4, 0.5) is 8.78 Å². The van der Waals surface area contributed by atoms with Gasteiger partial charge in [-0.3, -0.25) is 4.90 Å². The fourth-order valence-corrected chi connectivity index (χ4v) is 1.99. The first-order valence-corrected chi connectivity index (χ1v) is 5.42. The second-order valence-corrected chi connectivity index (χ2v) is 4.19. The van der Waals surface area contributed by atoms with Crippen molar-refractivity contribution in [2.75, 3.05) is 32.8 Å². The number of nitrogens with one attached hydrogen (secondary N) is 1. The van der Waals surface area contributed by atoms with Gasteiger partial charge in [-0.25, -0.2) is 8.78 Å². The second kappa shape index (κ2) is 6.35. The van der Waals surface area contributed by atoms with E-state index in [0.29, 0.717) is 18.7 Å². The van der Waals surface area contributed by atoms with Crippen LogP contribution in [0.1, 0.15) is 13.8 Å². The minimum Gasteiger partial charge on any atom is -0.374 e. The molecule has 0 spiro atoms. The van der Waals surface area contributed by atoms with E-state index in [2.05, 4.69) is 24.1 Å². The normalized spacial score (nSPS) is 28.6. The lowest BCUT2D eigenvalue weighted by atomic mass is 10.1. The second-order valence-electron chi connectivity index (χ2n) is 4.19. The number of hydrogen-bond donors (Lipinski definition) is 1. The van der Waals surface area contributed by atoms with E-state index in [0.717, 1.165) is 19.6 Å². The molecule has 0 aromatic carbocycles. The van der Waals surface area contributed by atoms with Gasteiger partial charge >= 0.3 is 0 Å². The van der Waals surface area contributed by atoms with Crippen LogP contribution in [0.5, 0.6) is 0 Å². The van der Waals surface area contributed by atoms with Gasteiger partial charge in [-0.05, 0) is 13.8 Å². The predicted octanol–water partition coefficient (Wildman–Crippen LogP) is 0.950. The van der Waals surface area contributed by atoms with Gasteiger partial charge in [0.1, 0.15) is 6.61 Å². The quantitative estimate of drug-likeness (QED) is 0.701. The molecule has 2 atom stereocenters. The van der Waals surface area contributed by atoms with Crippen LogP contribution in [0.15, 0.2) is 0 Å². The van der Waals surface area contributed by atoms with Crippen LogP contribution in [0.3, 0.4) is 0 Å². The highest BCUT2D eigenvalue weighted by Crippen LogP contribution is 2.03. The number of halogens is 2. The summed E-state index contributed by atoms with van der Waals surface area (Å²) in [5.74, 6) is 0. The molecule has 1 saturated heterocycles. The topological polar surface area (TPSA) is 24.5 Å². The number of hydrogen-bond acceptors (Lipinski definition) is 3. The molecule has 2 unspecified atom stereocenters. The van der Waals surface area contributed by atoms with Crippen LogP contribution in [0.2, 0.25) is 0 Å². The average Bonchev–Trinajstić information content (AvgIpc) is 2.10. The van der Waals surface area contributed by atoms with Crippen molar-refractivity contribution in [3.05, 3.63) is 0 Å². The first-order valence-electron chi connectivity index (χ1n) is 5.42. The largest absolute Gasteiger partial charge is 0.374 e. The average molecular weight is 222 g/mol. The smallest absolute Gasteiger partial charge is 0.261 e. The molecular weight excluding hydrogens is 202 g/mol. The van der Waals surface area contributed by atoms with Gasteiger partial charge < -0.3 is 10.1 Å². The van der Waals surface area contributed by atoms with E-state index in [1.807, 2.05) is 0 Å². The van der Waals surface area contributed by atoms with Crippen molar-refractivity contribution in [2.24, 2.45) is 0 Å². The van der Waals surface area contributed by atoms with E-state index >= 15 is 0 Å². The Morgan fingerprint density at radius 2 is 1.93 bits per heavy atom. The zero-order chi connectivity index (χ0) is 11.3. The van der Waals surface area contributed by atoms with Gasteiger partial charge in [0.25, 0.3) is 6.43 Å². The number of rotatable bonds is 5. The Hall–Kier alpha value is -0.260. The molecule has 0 bridgehead atoms. The zero-order valence-electron chi connectivity index (χ0n) is 9.38. The van der Waals surface area contributed by atoms with Gasteiger partial charge in [0, 0.05) is 31.7 Å². The summed E-state index contributed by atoms with van der Waals surface area (Å²) in [6.07, 6.45) is -2.36. The molecule has 0 radical (unpaired) electrons. The fourth-order valence-electron chi connectivity index (χ4n) is 1.99. The number of alkyl halides is 2. The number of piperazine rings is 1. The molecule has 1 heterocycles. The molecule has 1 aliphatic heterocycles. The highest BCUT2D eigenvalue weighted by Gasteiger charge is 2.20. The summed E-state index contributed by atoms with van der Waals surface area (Å²) in [5, 5.41) is 3.42. The van der Waals surface area contributed by atoms with Gasteiger partial charge in [-0.2, -0.15) is 0 Å². The van der Waals surface area contributed by atoms with Crippen molar-refractivity contribution >= 4 is 0 Å². The van der Waals surface area contributed by atoms with Crippen molar-refractivity contribution in [3.8, 4) is 0 Å². The van der Waals surface area contributed by atoms with Gasteiger partial charge in [-0.15, -0.1) is 0 Å². The van der Waals surface area contributed by atoms with Crippen molar-refractivity contribution < 1.29 is 13.5 Å². The molecule has 15 heavy (non-hydrogen) atoms. The third kappa shape index (κ3) is 5.39. The SMILES string of the molecule is CC1CN(CCOCC(F)F)CC(C)N1. The fraction of sp³-hybridized carbons (Fsp3) is 1.00. The summed E-state index contributed by atoms with van der Waals surface area (Å²) in [6, 6.07) is 0.924. The molecule has 90 valence electrons. The Bertz CT molecular complexity index is 171. The van der Waals surface area contributed by atoms with Gasteiger partial charge in [0.05, 0.1) is 6.61 Å². The number of ether oxygens (including phenoxy) is 1. The van der Waals surface area contributed by atoms with Crippen LogP contribution in [-0.4, -0.2) is 56.3 Å². The number of nitrogens with zero attached hydrogens (tertiary/aromatic N) is 1. The molecule has 0 amide bonds. The van der Waals surface area contributed by atoms with Crippen molar-refractivity contribution in [1.82, 2.24) is 10.2 Å². The lowest BCUT2D eigenvalue weighted by Gasteiger charge is -2.35. The molecule has 5 heteroatoms. The first kappa shape index (κ1) is 12.8. The summed E-state index contributed by atoms with van der Waals surface area (Å²) < 4.78 is 28.4. The molecule has 1 N–H and O–H groups in total. The summed E-state index contributed by atoms with van der Waals surface area (Å²) >= 11 is 0. The third-order valence-corrected chi connectivity index (χ3v) is 2.43. The minimum absolute atomic E-state index is 0.393. The standard InChI is InChI=1S/C10H20F2N2O/c1-8-5-14(6-9(2)13-8)3-4-15-7-10(11)12/h8-10,13H,3-7H2,1-2H3. The molecule has 1 fully saturated rings. The predicted molar refractivity (Wildman–Crippen MR) is 55.3 cm³/mol. The maximum absolute atomic E-state index is 11.8. The van der Waals surface area contributed by atoms with Crippen molar-refractivity contribution in [1.29, 1.82) is 0 Å². The molecule has 1 rings (SSSR count). The Labute approximate surface area is 89.8 Å². The molecule has 0 aromatic rings. The molecule has 1 aliphatic rings. The molecule has 3 nitrogen and oxygen atoms in total. The van der Waals surface area contributed by atoms with E-state index in [1.165, 1.54) is 0 Å². The van der Waals surface area contributed by atoms with Crippen LogP contribution in [-0.2, 0) is 4.74 Å². The van der Waals surface area contributed by atoms with Crippen LogP contribution < -0.4 is 5.32 Å². The minimum atomic E-state index is -2.36. The third-order valence-electron chi connectivity index (χ3n) is 2.43. The zero-order valence-corrected chi connectivity index (χ0v) is 9.38. The molecular formula is C10H20F2N2O. The van der Waals surface area contributed by atoms with Gasteiger partial charge in [0.2, 0.25) is 0 Å². The van der Waals surface area contributed by atoms with Crippen molar-refractivity contribution in [3.63, 3.8) is 0 Å².